The van der Waals surface area contributed by atoms with Crippen LogP contribution in [0.2, 0.25) is 0 Å². The Morgan fingerprint density at radius 3 is 2.63 bits per heavy atom. The highest BCUT2D eigenvalue weighted by molar-refractivity contribution is 7.91. The molecule has 7 nitrogen and oxygen atoms in total. The standard InChI is InChI=1S/C22H29N3O4S/c1-3-30(26,27)14-11-23-22(24-16-18-8-5-4-7-17(18)2)25-19-9-10-20-21(15-19)29-13-6-12-28-20/h4-5,7-10,15H,3,6,11-14,16H2,1-2H3,(H2,23,24,25). The summed E-state index contributed by atoms with van der Waals surface area (Å²) in [4.78, 5) is 4.65. The highest BCUT2D eigenvalue weighted by Crippen LogP contribution is 2.32. The van der Waals surface area contributed by atoms with Crippen LogP contribution in [-0.2, 0) is 16.4 Å². The van der Waals surface area contributed by atoms with Crippen molar-refractivity contribution in [2.24, 2.45) is 4.99 Å². The second-order valence-electron chi connectivity index (χ2n) is 7.09. The predicted molar refractivity (Wildman–Crippen MR) is 120 cm³/mol. The molecule has 2 N–H and O–H groups in total. The summed E-state index contributed by atoms with van der Waals surface area (Å²) in [7, 11) is -3.06. The number of sulfone groups is 1. The quantitative estimate of drug-likeness (QED) is 0.517. The van der Waals surface area contributed by atoms with Gasteiger partial charge in [0.1, 0.15) is 0 Å². The summed E-state index contributed by atoms with van der Waals surface area (Å²) in [5.74, 6) is 2.09. The Labute approximate surface area is 178 Å². The Bertz CT molecular complexity index is 990. The van der Waals surface area contributed by atoms with E-state index in [1.54, 1.807) is 6.92 Å². The number of hydrogen-bond donors (Lipinski definition) is 2. The lowest BCUT2D eigenvalue weighted by atomic mass is 10.1. The summed E-state index contributed by atoms with van der Waals surface area (Å²) in [6.45, 7) is 5.70. The zero-order valence-electron chi connectivity index (χ0n) is 17.5. The molecular weight excluding hydrogens is 402 g/mol. The first kappa shape index (κ1) is 22.0. The lowest BCUT2D eigenvalue weighted by Crippen LogP contribution is -2.34. The van der Waals surface area contributed by atoms with Crippen LogP contribution in [0.5, 0.6) is 11.5 Å². The Hall–Kier alpha value is -2.74. The molecule has 2 aromatic rings. The summed E-state index contributed by atoms with van der Waals surface area (Å²) in [6.07, 6.45) is 0.841. The molecule has 2 aromatic carbocycles. The van der Waals surface area contributed by atoms with Crippen LogP contribution in [0.4, 0.5) is 5.69 Å². The van der Waals surface area contributed by atoms with Gasteiger partial charge in [0.25, 0.3) is 0 Å². The van der Waals surface area contributed by atoms with Crippen molar-refractivity contribution < 1.29 is 17.9 Å². The molecule has 162 valence electrons. The number of aliphatic imine (C=N–C) groups is 1. The van der Waals surface area contributed by atoms with Gasteiger partial charge in [-0.15, -0.1) is 0 Å². The third-order valence-electron chi connectivity index (χ3n) is 4.82. The number of benzene rings is 2. The summed E-state index contributed by atoms with van der Waals surface area (Å²) in [5.41, 5.74) is 3.05. The number of nitrogens with one attached hydrogen (secondary N) is 2. The van der Waals surface area contributed by atoms with Crippen LogP contribution in [0.15, 0.2) is 47.5 Å². The summed E-state index contributed by atoms with van der Waals surface area (Å²) in [6, 6.07) is 13.7. The molecule has 30 heavy (non-hydrogen) atoms. The van der Waals surface area contributed by atoms with Gasteiger partial charge in [0.2, 0.25) is 0 Å². The molecule has 1 aliphatic rings. The van der Waals surface area contributed by atoms with E-state index in [9.17, 15) is 8.42 Å². The van der Waals surface area contributed by atoms with Gasteiger partial charge in [-0.2, -0.15) is 0 Å². The first-order valence-electron chi connectivity index (χ1n) is 10.2. The molecule has 0 saturated heterocycles. The number of fused-ring (bicyclic) bond motifs is 1. The third kappa shape index (κ3) is 6.38. The van der Waals surface area contributed by atoms with Gasteiger partial charge in [-0.1, -0.05) is 31.2 Å². The van der Waals surface area contributed by atoms with Gasteiger partial charge in [0.05, 0.1) is 25.5 Å². The van der Waals surface area contributed by atoms with E-state index in [0.717, 1.165) is 29.0 Å². The molecule has 0 saturated carbocycles. The van der Waals surface area contributed by atoms with Gasteiger partial charge in [0.15, 0.2) is 27.3 Å². The molecule has 1 aliphatic heterocycles. The molecule has 0 atom stereocenters. The SMILES string of the molecule is CCS(=O)(=O)CCNC(=NCc1ccccc1C)Nc1ccc2c(c1)OCCCO2. The Balaban J connectivity index is 1.75. The lowest BCUT2D eigenvalue weighted by molar-refractivity contribution is 0.297. The predicted octanol–water partition coefficient (Wildman–Crippen LogP) is 3.15. The number of rotatable bonds is 7. The van der Waals surface area contributed by atoms with Crippen molar-refractivity contribution in [3.8, 4) is 11.5 Å². The molecule has 0 radical (unpaired) electrons. The Morgan fingerprint density at radius 2 is 1.87 bits per heavy atom. The maximum atomic E-state index is 11.8. The number of nitrogens with zero attached hydrogens (tertiary/aromatic N) is 1. The average molecular weight is 432 g/mol. The second-order valence-corrected chi connectivity index (χ2v) is 9.56. The fraction of sp³-hybridized carbons (Fsp3) is 0.409. The van der Waals surface area contributed by atoms with Crippen molar-refractivity contribution in [2.75, 3.05) is 36.6 Å². The molecule has 0 aliphatic carbocycles. The minimum atomic E-state index is -3.06. The van der Waals surface area contributed by atoms with E-state index >= 15 is 0 Å². The largest absolute Gasteiger partial charge is 0.490 e. The summed E-state index contributed by atoms with van der Waals surface area (Å²) < 4.78 is 35.1. The van der Waals surface area contributed by atoms with Crippen molar-refractivity contribution >= 4 is 21.5 Å². The zero-order valence-corrected chi connectivity index (χ0v) is 18.3. The summed E-state index contributed by atoms with van der Waals surface area (Å²) in [5, 5.41) is 6.38. The van der Waals surface area contributed by atoms with Gasteiger partial charge < -0.3 is 20.1 Å². The normalized spacial score (nSPS) is 14.1. The van der Waals surface area contributed by atoms with E-state index in [-0.39, 0.29) is 18.1 Å². The van der Waals surface area contributed by atoms with E-state index in [1.807, 2.05) is 49.4 Å². The van der Waals surface area contributed by atoms with E-state index in [1.165, 1.54) is 0 Å². The van der Waals surface area contributed by atoms with E-state index < -0.39 is 9.84 Å². The Morgan fingerprint density at radius 1 is 1.10 bits per heavy atom. The zero-order chi connectivity index (χ0) is 21.4. The minimum Gasteiger partial charge on any atom is -0.490 e. The van der Waals surface area contributed by atoms with Crippen molar-refractivity contribution in [3.05, 3.63) is 53.6 Å². The summed E-state index contributed by atoms with van der Waals surface area (Å²) >= 11 is 0. The number of hydrogen-bond acceptors (Lipinski definition) is 5. The highest BCUT2D eigenvalue weighted by Gasteiger charge is 2.12. The number of ether oxygens (including phenoxy) is 2. The number of guanidine groups is 1. The van der Waals surface area contributed by atoms with Crippen LogP contribution in [0.3, 0.4) is 0 Å². The van der Waals surface area contributed by atoms with Gasteiger partial charge >= 0.3 is 0 Å². The first-order valence-corrected chi connectivity index (χ1v) is 12.0. The highest BCUT2D eigenvalue weighted by atomic mass is 32.2. The van der Waals surface area contributed by atoms with Crippen LogP contribution in [0, 0.1) is 6.92 Å². The molecule has 0 aromatic heterocycles. The molecule has 0 spiro atoms. The van der Waals surface area contributed by atoms with Crippen molar-refractivity contribution in [2.45, 2.75) is 26.8 Å². The monoisotopic (exact) mass is 431 g/mol. The molecule has 0 fully saturated rings. The minimum absolute atomic E-state index is 0.0513. The average Bonchev–Trinajstić information content (AvgIpc) is 2.98. The maximum Gasteiger partial charge on any atom is 0.196 e. The fourth-order valence-corrected chi connectivity index (χ4v) is 3.64. The smallest absolute Gasteiger partial charge is 0.196 e. The van der Waals surface area contributed by atoms with Crippen molar-refractivity contribution in [3.63, 3.8) is 0 Å². The molecule has 0 amide bonds. The van der Waals surface area contributed by atoms with E-state index in [4.69, 9.17) is 9.47 Å². The van der Waals surface area contributed by atoms with Crippen LogP contribution in [0.25, 0.3) is 0 Å². The van der Waals surface area contributed by atoms with Crippen LogP contribution >= 0.6 is 0 Å². The maximum absolute atomic E-state index is 11.8. The third-order valence-corrected chi connectivity index (χ3v) is 6.53. The molecule has 3 rings (SSSR count). The van der Waals surface area contributed by atoms with Crippen molar-refractivity contribution in [1.29, 1.82) is 0 Å². The Kier molecular flexibility index (Phi) is 7.57. The fourth-order valence-electron chi connectivity index (χ4n) is 2.94. The van der Waals surface area contributed by atoms with Gasteiger partial charge in [-0.3, -0.25) is 0 Å². The van der Waals surface area contributed by atoms with E-state index in [0.29, 0.717) is 31.5 Å². The second kappa shape index (κ2) is 10.3. The van der Waals surface area contributed by atoms with Crippen LogP contribution < -0.4 is 20.1 Å². The van der Waals surface area contributed by atoms with Crippen LogP contribution in [-0.4, -0.2) is 45.6 Å². The molecular formula is C22H29N3O4S. The first-order chi connectivity index (χ1) is 14.5. The topological polar surface area (TPSA) is 89.0 Å². The van der Waals surface area contributed by atoms with E-state index in [2.05, 4.69) is 15.6 Å². The molecule has 8 heteroatoms. The van der Waals surface area contributed by atoms with Gasteiger partial charge in [0, 0.05) is 30.5 Å². The van der Waals surface area contributed by atoms with Crippen LogP contribution in [0.1, 0.15) is 24.5 Å². The van der Waals surface area contributed by atoms with Gasteiger partial charge in [-0.05, 0) is 30.2 Å². The lowest BCUT2D eigenvalue weighted by Gasteiger charge is -2.15. The van der Waals surface area contributed by atoms with Crippen molar-refractivity contribution in [1.82, 2.24) is 5.32 Å². The van der Waals surface area contributed by atoms with Gasteiger partial charge in [-0.25, -0.2) is 13.4 Å². The molecule has 1 heterocycles. The molecule has 0 unspecified atom stereocenters. The number of aryl methyl sites for hydroxylation is 1. The molecule has 0 bridgehead atoms. The number of anilines is 1.